The Bertz CT molecular complexity index is 527. The summed E-state index contributed by atoms with van der Waals surface area (Å²) in [6, 6.07) is 0. The minimum atomic E-state index is -3.85. The Morgan fingerprint density at radius 3 is 1.96 bits per heavy atom. The Labute approximate surface area is 168 Å². The predicted molar refractivity (Wildman–Crippen MR) is 113 cm³/mol. The Kier molecular flexibility index (Phi) is 10.5. The topological polar surface area (TPSA) is 86.6 Å². The van der Waals surface area contributed by atoms with E-state index in [0.29, 0.717) is 12.3 Å². The van der Waals surface area contributed by atoms with Crippen molar-refractivity contribution in [1.82, 2.24) is 5.32 Å². The van der Waals surface area contributed by atoms with Gasteiger partial charge < -0.3 is 9.59 Å². The van der Waals surface area contributed by atoms with E-state index in [1.165, 1.54) is 0 Å². The number of aliphatic hydroxyl groups is 1. The van der Waals surface area contributed by atoms with Gasteiger partial charge in [-0.3, -0.25) is 9.87 Å². The van der Waals surface area contributed by atoms with Gasteiger partial charge in [0.05, 0.1) is 32.9 Å². The lowest BCUT2D eigenvalue weighted by Crippen LogP contribution is -2.49. The average Bonchev–Trinajstić information content (AvgIpc) is 2.45. The van der Waals surface area contributed by atoms with Crippen molar-refractivity contribution >= 4 is 10.1 Å². The van der Waals surface area contributed by atoms with Gasteiger partial charge in [0, 0.05) is 18.4 Å². The molecule has 0 saturated carbocycles. The molecule has 0 aliphatic heterocycles. The fourth-order valence-electron chi connectivity index (χ4n) is 3.67. The number of hydrogen-bond acceptors (Lipinski definition) is 4. The van der Waals surface area contributed by atoms with Crippen molar-refractivity contribution in [2.75, 3.05) is 39.5 Å². The summed E-state index contributed by atoms with van der Waals surface area (Å²) in [4.78, 5) is 0. The van der Waals surface area contributed by atoms with E-state index in [9.17, 15) is 13.5 Å². The largest absolute Gasteiger partial charge is 0.378 e. The summed E-state index contributed by atoms with van der Waals surface area (Å²) >= 11 is 0. The molecule has 0 spiro atoms. The summed E-state index contributed by atoms with van der Waals surface area (Å²) < 4.78 is 31.1. The molecule has 0 rings (SSSR count). The summed E-state index contributed by atoms with van der Waals surface area (Å²) in [6.45, 7) is 15.7. The highest BCUT2D eigenvalue weighted by Crippen LogP contribution is 2.41. The second kappa shape index (κ2) is 10.5. The molecule has 0 fully saturated rings. The van der Waals surface area contributed by atoms with Crippen molar-refractivity contribution < 1.29 is 22.6 Å². The molecule has 0 saturated heterocycles. The fraction of sp³-hybridized carbons (Fsp3) is 1.00. The average molecular weight is 410 g/mol. The Hall–Kier alpha value is -0.210. The van der Waals surface area contributed by atoms with Gasteiger partial charge in [0.25, 0.3) is 10.1 Å². The van der Waals surface area contributed by atoms with E-state index in [1.54, 1.807) is 0 Å². The molecular weight excluding hydrogens is 364 g/mol. The first-order valence-corrected chi connectivity index (χ1v) is 11.8. The molecule has 27 heavy (non-hydrogen) atoms. The molecule has 0 aliphatic carbocycles. The minimum Gasteiger partial charge on any atom is -0.378 e. The Balaban J connectivity index is 4.36. The van der Waals surface area contributed by atoms with Gasteiger partial charge in [-0.15, -0.1) is 0 Å². The molecule has 2 unspecified atom stereocenters. The van der Waals surface area contributed by atoms with E-state index < -0.39 is 16.3 Å². The van der Waals surface area contributed by atoms with Gasteiger partial charge in [0.1, 0.15) is 6.23 Å². The number of nitrogens with zero attached hydrogens (tertiary/aromatic N) is 1. The van der Waals surface area contributed by atoms with Crippen LogP contribution in [0, 0.1) is 16.7 Å². The summed E-state index contributed by atoms with van der Waals surface area (Å²) in [7, 11) is 0.402. The van der Waals surface area contributed by atoms with Crippen LogP contribution in [0.3, 0.4) is 0 Å². The number of aliphatic hydroxyl groups excluding tert-OH is 1. The zero-order chi connectivity index (χ0) is 21.5. The normalized spacial score (nSPS) is 17.1. The van der Waals surface area contributed by atoms with Gasteiger partial charge in [0.2, 0.25) is 0 Å². The van der Waals surface area contributed by atoms with Crippen LogP contribution in [0.5, 0.6) is 0 Å². The molecule has 7 heteroatoms. The van der Waals surface area contributed by atoms with Gasteiger partial charge in [-0.2, -0.15) is 8.42 Å². The molecule has 6 nitrogen and oxygen atoms in total. The number of hydrogen-bond donors (Lipinski definition) is 3. The van der Waals surface area contributed by atoms with Crippen molar-refractivity contribution in [3.63, 3.8) is 0 Å². The molecule has 0 aliphatic rings. The highest BCUT2D eigenvalue weighted by atomic mass is 32.2. The van der Waals surface area contributed by atoms with E-state index >= 15 is 0 Å². The second-order valence-corrected chi connectivity index (χ2v) is 12.1. The summed E-state index contributed by atoms with van der Waals surface area (Å²) in [6.07, 6.45) is 2.59. The number of rotatable bonds is 13. The van der Waals surface area contributed by atoms with Crippen LogP contribution < -0.4 is 5.32 Å². The summed E-state index contributed by atoms with van der Waals surface area (Å²) in [5.41, 5.74) is -0.0268. The summed E-state index contributed by atoms with van der Waals surface area (Å²) in [5, 5.41) is 14.1. The van der Waals surface area contributed by atoms with Crippen molar-refractivity contribution in [3.8, 4) is 0 Å². The third-order valence-electron chi connectivity index (χ3n) is 5.55. The van der Waals surface area contributed by atoms with Crippen LogP contribution in [0.4, 0.5) is 0 Å². The first-order valence-electron chi connectivity index (χ1n) is 10.2. The molecule has 164 valence electrons. The highest BCUT2D eigenvalue weighted by molar-refractivity contribution is 7.85. The molecule has 0 bridgehead atoms. The molecule has 0 amide bonds. The maximum atomic E-state index is 10.8. The van der Waals surface area contributed by atoms with Crippen molar-refractivity contribution in [2.45, 2.75) is 73.5 Å². The van der Waals surface area contributed by atoms with E-state index in [2.05, 4.69) is 61.0 Å². The molecule has 0 radical (unpaired) electrons. The van der Waals surface area contributed by atoms with Gasteiger partial charge in [0.15, 0.2) is 0 Å². The Morgan fingerprint density at radius 1 is 1.00 bits per heavy atom. The number of unbranched alkanes of at least 4 members (excludes halogenated alkanes) is 1. The van der Waals surface area contributed by atoms with Crippen LogP contribution in [0.1, 0.15) is 67.2 Å². The molecular formula is C20H45N2O4S+. The van der Waals surface area contributed by atoms with Gasteiger partial charge >= 0.3 is 0 Å². The van der Waals surface area contributed by atoms with Crippen molar-refractivity contribution in [2.24, 2.45) is 16.7 Å². The van der Waals surface area contributed by atoms with Crippen LogP contribution in [-0.2, 0) is 10.1 Å². The number of quaternary nitrogens is 1. The first kappa shape index (κ1) is 26.8. The standard InChI is InChI=1S/C20H44N2O4S/c1-17(2)20(6,16-19(3,4)5)18(23)21-12-11-14-22(7,8)13-9-10-15-27(24,25)26/h17-18,21,23H,9-16H2,1-8H3/p+1. The lowest BCUT2D eigenvalue weighted by Gasteiger charge is -2.43. The summed E-state index contributed by atoms with van der Waals surface area (Å²) in [5.74, 6) is 0.205. The first-order chi connectivity index (χ1) is 12.0. The van der Waals surface area contributed by atoms with Crippen LogP contribution in [0.25, 0.3) is 0 Å². The van der Waals surface area contributed by atoms with Crippen LogP contribution in [-0.4, -0.2) is 68.3 Å². The zero-order valence-electron chi connectivity index (χ0n) is 18.9. The molecule has 0 aromatic carbocycles. The SMILES string of the molecule is CC(C)C(C)(CC(C)(C)C)C(O)NCCC[N+](C)(C)CCCCS(=O)(=O)O. The molecule has 0 aromatic heterocycles. The van der Waals surface area contributed by atoms with Crippen LogP contribution >= 0.6 is 0 Å². The minimum absolute atomic E-state index is 0.155. The van der Waals surface area contributed by atoms with Gasteiger partial charge in [-0.05, 0) is 30.6 Å². The quantitative estimate of drug-likeness (QED) is 0.188. The fourth-order valence-corrected chi connectivity index (χ4v) is 4.24. The molecule has 3 N–H and O–H groups in total. The van der Waals surface area contributed by atoms with E-state index in [1.807, 2.05) is 0 Å². The number of nitrogens with one attached hydrogen (secondary N) is 1. The smallest absolute Gasteiger partial charge is 0.264 e. The third-order valence-corrected chi connectivity index (χ3v) is 6.35. The monoisotopic (exact) mass is 409 g/mol. The Morgan fingerprint density at radius 2 is 1.52 bits per heavy atom. The molecule has 0 heterocycles. The molecule has 2 atom stereocenters. The van der Waals surface area contributed by atoms with Crippen molar-refractivity contribution in [1.29, 1.82) is 0 Å². The van der Waals surface area contributed by atoms with Crippen LogP contribution in [0.2, 0.25) is 0 Å². The maximum Gasteiger partial charge on any atom is 0.264 e. The predicted octanol–water partition coefficient (Wildman–Crippen LogP) is 3.13. The second-order valence-electron chi connectivity index (χ2n) is 10.5. The van der Waals surface area contributed by atoms with Crippen molar-refractivity contribution in [3.05, 3.63) is 0 Å². The lowest BCUT2D eigenvalue weighted by molar-refractivity contribution is -0.890. The van der Waals surface area contributed by atoms with Gasteiger partial charge in [-0.1, -0.05) is 41.5 Å². The van der Waals surface area contributed by atoms with Crippen LogP contribution in [0.15, 0.2) is 0 Å². The third kappa shape index (κ3) is 12.1. The van der Waals surface area contributed by atoms with E-state index in [4.69, 9.17) is 4.55 Å². The maximum absolute atomic E-state index is 10.8. The lowest BCUT2D eigenvalue weighted by atomic mass is 9.67. The zero-order valence-corrected chi connectivity index (χ0v) is 19.7. The van der Waals surface area contributed by atoms with E-state index in [0.717, 1.165) is 43.4 Å². The van der Waals surface area contributed by atoms with Gasteiger partial charge in [-0.25, -0.2) is 0 Å². The highest BCUT2D eigenvalue weighted by Gasteiger charge is 2.39. The van der Waals surface area contributed by atoms with E-state index in [-0.39, 0.29) is 16.6 Å². The molecule has 0 aromatic rings.